The summed E-state index contributed by atoms with van der Waals surface area (Å²) in [5, 5.41) is 18.4. The second-order valence-corrected chi connectivity index (χ2v) is 5.10. The smallest absolute Gasteiger partial charge is 0.352 e. The molecule has 1 fully saturated rings. The molecular weight excluding hydrogens is 248 g/mol. The topological polar surface area (TPSA) is 82.8 Å². The van der Waals surface area contributed by atoms with E-state index < -0.39 is 11.5 Å². The lowest BCUT2D eigenvalue weighted by atomic mass is 10.2. The van der Waals surface area contributed by atoms with Crippen LogP contribution in [0.5, 0.6) is 5.75 Å². The molecule has 1 aliphatic carbocycles. The van der Waals surface area contributed by atoms with Gasteiger partial charge in [0.25, 0.3) is 5.56 Å². The van der Waals surface area contributed by atoms with E-state index in [0.29, 0.717) is 12.6 Å². The van der Waals surface area contributed by atoms with Gasteiger partial charge in [-0.15, -0.1) is 0 Å². The molecule has 1 unspecified atom stereocenters. The van der Waals surface area contributed by atoms with Gasteiger partial charge in [-0.05, 0) is 26.8 Å². The first-order valence-electron chi connectivity index (χ1n) is 6.29. The lowest BCUT2D eigenvalue weighted by molar-refractivity contribution is 0.0680. The number of aromatic carboxylic acids is 1. The zero-order valence-corrected chi connectivity index (χ0v) is 11.0. The third-order valence-electron chi connectivity index (χ3n) is 3.60. The first kappa shape index (κ1) is 13.6. The summed E-state index contributed by atoms with van der Waals surface area (Å²) < 4.78 is 1.20. The van der Waals surface area contributed by atoms with E-state index in [-0.39, 0.29) is 17.5 Å². The predicted molar refractivity (Wildman–Crippen MR) is 69.6 cm³/mol. The second kappa shape index (κ2) is 5.05. The van der Waals surface area contributed by atoms with Crippen LogP contribution < -0.4 is 5.56 Å². The number of hydrogen-bond acceptors (Lipinski definition) is 4. The van der Waals surface area contributed by atoms with Gasteiger partial charge in [0.1, 0.15) is 11.4 Å². The van der Waals surface area contributed by atoms with Crippen LogP contribution in [-0.4, -0.2) is 44.8 Å². The van der Waals surface area contributed by atoms with Crippen molar-refractivity contribution in [3.63, 3.8) is 0 Å². The molecule has 6 nitrogen and oxygen atoms in total. The minimum absolute atomic E-state index is 0.0628. The van der Waals surface area contributed by atoms with Crippen molar-refractivity contribution in [2.45, 2.75) is 38.4 Å². The fraction of sp³-hybridized carbons (Fsp3) is 0.538. The average molecular weight is 266 g/mol. The summed E-state index contributed by atoms with van der Waals surface area (Å²) in [5.41, 5.74) is -0.672. The molecule has 0 amide bonds. The number of carbonyl (C=O) groups is 1. The summed E-state index contributed by atoms with van der Waals surface area (Å²) in [6, 6.07) is 2.74. The fourth-order valence-corrected chi connectivity index (χ4v) is 2.18. The van der Waals surface area contributed by atoms with Crippen LogP contribution in [0, 0.1) is 0 Å². The highest BCUT2D eigenvalue weighted by molar-refractivity contribution is 5.86. The molecule has 0 bridgehead atoms. The van der Waals surface area contributed by atoms with Gasteiger partial charge in [-0.3, -0.25) is 9.69 Å². The number of nitrogens with zero attached hydrogens (tertiary/aromatic N) is 2. The van der Waals surface area contributed by atoms with E-state index in [9.17, 15) is 14.7 Å². The minimum Gasteiger partial charge on any atom is -0.508 e. The molecule has 6 heteroatoms. The summed E-state index contributed by atoms with van der Waals surface area (Å²) in [7, 11) is 1.98. The lowest BCUT2D eigenvalue weighted by Crippen LogP contribution is -2.38. The Hall–Kier alpha value is -1.82. The van der Waals surface area contributed by atoms with E-state index >= 15 is 0 Å². The average Bonchev–Trinajstić information content (AvgIpc) is 3.14. The Morgan fingerprint density at radius 3 is 2.68 bits per heavy atom. The molecule has 1 aromatic heterocycles. The number of aromatic nitrogens is 1. The number of likely N-dealkylation sites (N-methyl/N-ethyl adjacent to an activating group) is 1. The van der Waals surface area contributed by atoms with Crippen molar-refractivity contribution in [1.29, 1.82) is 0 Å². The van der Waals surface area contributed by atoms with Crippen molar-refractivity contribution >= 4 is 5.97 Å². The fourth-order valence-electron chi connectivity index (χ4n) is 2.18. The van der Waals surface area contributed by atoms with Crippen LogP contribution in [0.2, 0.25) is 0 Å². The molecule has 104 valence electrons. The van der Waals surface area contributed by atoms with Crippen LogP contribution in [0.4, 0.5) is 0 Å². The van der Waals surface area contributed by atoms with E-state index in [1.165, 1.54) is 4.57 Å². The molecule has 0 aliphatic heterocycles. The van der Waals surface area contributed by atoms with Crippen LogP contribution in [0.15, 0.2) is 16.9 Å². The van der Waals surface area contributed by atoms with Crippen LogP contribution in [0.25, 0.3) is 0 Å². The van der Waals surface area contributed by atoms with Gasteiger partial charge >= 0.3 is 5.97 Å². The van der Waals surface area contributed by atoms with Gasteiger partial charge in [-0.1, -0.05) is 0 Å². The SMILES string of the molecule is CC(Cn1c(C(=O)O)cc(O)cc1=O)N(C)C1CC1. The van der Waals surface area contributed by atoms with Gasteiger partial charge in [-0.25, -0.2) is 4.79 Å². The summed E-state index contributed by atoms with van der Waals surface area (Å²) in [6.45, 7) is 2.26. The summed E-state index contributed by atoms with van der Waals surface area (Å²) in [6.07, 6.45) is 2.30. The Morgan fingerprint density at radius 2 is 2.16 bits per heavy atom. The first-order chi connectivity index (χ1) is 8.90. The van der Waals surface area contributed by atoms with E-state index in [1.807, 2.05) is 14.0 Å². The van der Waals surface area contributed by atoms with Gasteiger partial charge in [-0.2, -0.15) is 0 Å². The van der Waals surface area contributed by atoms with Gasteiger partial charge in [0.2, 0.25) is 0 Å². The van der Waals surface area contributed by atoms with Crippen molar-refractivity contribution in [3.8, 4) is 5.75 Å². The molecule has 2 N–H and O–H groups in total. The molecule has 1 atom stereocenters. The molecule has 0 saturated heterocycles. The largest absolute Gasteiger partial charge is 0.508 e. The summed E-state index contributed by atoms with van der Waals surface area (Å²) in [5.74, 6) is -1.53. The number of aromatic hydroxyl groups is 1. The first-order valence-corrected chi connectivity index (χ1v) is 6.29. The van der Waals surface area contributed by atoms with Gasteiger partial charge in [0.15, 0.2) is 0 Å². The molecular formula is C13H18N2O4. The maximum Gasteiger partial charge on any atom is 0.352 e. The Balaban J connectivity index is 2.28. The predicted octanol–water partition coefficient (Wildman–Crippen LogP) is 0.735. The molecule has 1 aromatic rings. The third kappa shape index (κ3) is 2.96. The highest BCUT2D eigenvalue weighted by Gasteiger charge is 2.29. The van der Waals surface area contributed by atoms with Gasteiger partial charge in [0.05, 0.1) is 0 Å². The van der Waals surface area contributed by atoms with E-state index in [1.54, 1.807) is 0 Å². The van der Waals surface area contributed by atoms with Crippen LogP contribution >= 0.6 is 0 Å². The van der Waals surface area contributed by atoms with E-state index in [4.69, 9.17) is 5.11 Å². The number of carboxylic acids is 1. The van der Waals surface area contributed by atoms with Gasteiger partial charge < -0.3 is 14.8 Å². The number of carboxylic acid groups (broad SMARTS) is 1. The van der Waals surface area contributed by atoms with Crippen LogP contribution in [0.1, 0.15) is 30.3 Å². The van der Waals surface area contributed by atoms with Crippen LogP contribution in [0.3, 0.4) is 0 Å². The Bertz CT molecular complexity index is 548. The van der Waals surface area contributed by atoms with Crippen molar-refractivity contribution in [2.24, 2.45) is 0 Å². The van der Waals surface area contributed by atoms with Crippen molar-refractivity contribution < 1.29 is 15.0 Å². The number of rotatable bonds is 5. The quantitative estimate of drug-likeness (QED) is 0.821. The number of hydrogen-bond donors (Lipinski definition) is 2. The molecule has 0 aromatic carbocycles. The maximum atomic E-state index is 11.8. The monoisotopic (exact) mass is 266 g/mol. The van der Waals surface area contributed by atoms with Crippen molar-refractivity contribution in [3.05, 3.63) is 28.2 Å². The summed E-state index contributed by atoms with van der Waals surface area (Å²) >= 11 is 0. The zero-order chi connectivity index (χ0) is 14.2. The van der Waals surface area contributed by atoms with Crippen LogP contribution in [-0.2, 0) is 6.54 Å². The maximum absolute atomic E-state index is 11.8. The Kier molecular flexibility index (Phi) is 3.61. The van der Waals surface area contributed by atoms with Gasteiger partial charge in [0, 0.05) is 30.8 Å². The standard InChI is InChI=1S/C13H18N2O4/c1-8(14(2)9-3-4-9)7-15-11(13(18)19)5-10(16)6-12(15)17/h5-6,8-9,16H,3-4,7H2,1-2H3,(H,18,19). The molecule has 1 aliphatic rings. The third-order valence-corrected chi connectivity index (χ3v) is 3.60. The molecule has 19 heavy (non-hydrogen) atoms. The Labute approximate surface area is 110 Å². The molecule has 1 heterocycles. The number of pyridine rings is 1. The Morgan fingerprint density at radius 1 is 1.53 bits per heavy atom. The van der Waals surface area contributed by atoms with E-state index in [0.717, 1.165) is 25.0 Å². The van der Waals surface area contributed by atoms with Crippen molar-refractivity contribution in [2.75, 3.05) is 7.05 Å². The molecule has 1 saturated carbocycles. The van der Waals surface area contributed by atoms with Crippen molar-refractivity contribution in [1.82, 2.24) is 9.47 Å². The normalized spacial score (nSPS) is 16.6. The highest BCUT2D eigenvalue weighted by Crippen LogP contribution is 2.27. The molecule has 0 radical (unpaired) electrons. The highest BCUT2D eigenvalue weighted by atomic mass is 16.4. The lowest BCUT2D eigenvalue weighted by Gasteiger charge is -2.25. The molecule has 0 spiro atoms. The summed E-state index contributed by atoms with van der Waals surface area (Å²) in [4.78, 5) is 25.1. The molecule has 2 rings (SSSR count). The zero-order valence-electron chi connectivity index (χ0n) is 11.0. The van der Waals surface area contributed by atoms with E-state index in [2.05, 4.69) is 4.90 Å². The second-order valence-electron chi connectivity index (χ2n) is 5.10. The minimum atomic E-state index is -1.21.